The highest BCUT2D eigenvalue weighted by Gasteiger charge is 2.38. The van der Waals surface area contributed by atoms with E-state index in [1.807, 2.05) is 0 Å². The largest absolute Gasteiger partial charge is 0.467 e. The van der Waals surface area contributed by atoms with Crippen molar-refractivity contribution in [1.82, 2.24) is 4.98 Å². The molecule has 0 bridgehead atoms. The van der Waals surface area contributed by atoms with Gasteiger partial charge in [-0.2, -0.15) is 0 Å². The van der Waals surface area contributed by atoms with Crippen LogP contribution < -0.4 is 0 Å². The molecule has 1 aromatic heterocycles. The first-order chi connectivity index (χ1) is 7.00. The molecule has 5 heteroatoms. The molecule has 0 spiro atoms. The normalized spacial score (nSPS) is 16.5. The second kappa shape index (κ2) is 4.59. The Hall–Kier alpha value is -1.13. The van der Waals surface area contributed by atoms with E-state index >= 15 is 0 Å². The molecule has 0 fully saturated rings. The number of carbonyl (C=O) groups excluding carboxylic acids is 1. The van der Waals surface area contributed by atoms with Crippen LogP contribution in [0.4, 0.5) is 0 Å². The number of alkyl halides is 1. The Bertz CT molecular complexity index is 340. The lowest BCUT2D eigenvalue weighted by atomic mass is 9.96. The number of aromatic nitrogens is 1. The van der Waals surface area contributed by atoms with Gasteiger partial charge in [0.25, 0.3) is 0 Å². The minimum absolute atomic E-state index is 0.560. The van der Waals surface area contributed by atoms with Gasteiger partial charge in [0.1, 0.15) is 4.87 Å². The van der Waals surface area contributed by atoms with Crippen molar-refractivity contribution in [3.63, 3.8) is 0 Å². The maximum absolute atomic E-state index is 11.2. The van der Waals surface area contributed by atoms with Gasteiger partial charge in [-0.1, -0.05) is 6.07 Å². The number of methoxy groups -OCH3 is 1. The first-order valence-corrected chi connectivity index (χ1v) is 4.73. The van der Waals surface area contributed by atoms with Crippen LogP contribution in [0.3, 0.4) is 0 Å². The highest BCUT2D eigenvalue weighted by Crippen LogP contribution is 2.32. The molecule has 0 saturated heterocycles. The van der Waals surface area contributed by atoms with Crippen LogP contribution in [0.5, 0.6) is 0 Å². The number of halogens is 1. The van der Waals surface area contributed by atoms with Gasteiger partial charge in [-0.25, -0.2) is 4.79 Å². The van der Waals surface area contributed by atoms with Crippen LogP contribution in [0, 0.1) is 0 Å². The lowest BCUT2D eigenvalue weighted by Crippen LogP contribution is -2.38. The number of carbonyl (C=O) groups is 1. The van der Waals surface area contributed by atoms with Crippen LogP contribution in [0.1, 0.15) is 12.5 Å². The van der Waals surface area contributed by atoms with E-state index < -0.39 is 16.9 Å². The topological polar surface area (TPSA) is 59.4 Å². The summed E-state index contributed by atoms with van der Waals surface area (Å²) in [6, 6.07) is 3.37. The molecular weight excluding hydrogens is 218 g/mol. The maximum Gasteiger partial charge on any atom is 0.336 e. The smallest absolute Gasteiger partial charge is 0.336 e. The van der Waals surface area contributed by atoms with Gasteiger partial charge in [-0.05, 0) is 18.6 Å². The number of nitrogens with zero attached hydrogens (tertiary/aromatic N) is 1. The standard InChI is InChI=1S/C10H12ClNO3/c1-10(11,8(13)9(14)15-2)7-4-3-5-12-6-7/h3-6,8,13H,1-2H3. The Kier molecular flexibility index (Phi) is 3.66. The minimum atomic E-state index is -1.42. The highest BCUT2D eigenvalue weighted by atomic mass is 35.5. The summed E-state index contributed by atoms with van der Waals surface area (Å²) in [5.74, 6) is -0.767. The molecule has 1 heterocycles. The Morgan fingerprint density at radius 3 is 2.87 bits per heavy atom. The van der Waals surface area contributed by atoms with E-state index in [0.29, 0.717) is 5.56 Å². The van der Waals surface area contributed by atoms with Gasteiger partial charge in [-0.15, -0.1) is 11.6 Å². The van der Waals surface area contributed by atoms with Crippen molar-refractivity contribution in [2.24, 2.45) is 0 Å². The molecule has 2 unspecified atom stereocenters. The molecule has 4 nitrogen and oxygen atoms in total. The number of ether oxygens (including phenoxy) is 1. The van der Waals surface area contributed by atoms with E-state index in [1.54, 1.807) is 18.3 Å². The summed E-state index contributed by atoms with van der Waals surface area (Å²) in [5.41, 5.74) is 0.560. The van der Waals surface area contributed by atoms with E-state index in [2.05, 4.69) is 9.72 Å². The van der Waals surface area contributed by atoms with Gasteiger partial charge in [0, 0.05) is 12.4 Å². The third-order valence-corrected chi connectivity index (χ3v) is 2.59. The second-order valence-corrected chi connectivity index (χ2v) is 4.03. The van der Waals surface area contributed by atoms with E-state index in [9.17, 15) is 9.90 Å². The molecule has 15 heavy (non-hydrogen) atoms. The van der Waals surface area contributed by atoms with Crippen molar-refractivity contribution >= 4 is 17.6 Å². The molecule has 1 rings (SSSR count). The first kappa shape index (κ1) is 11.9. The Morgan fingerprint density at radius 2 is 2.40 bits per heavy atom. The molecule has 1 N–H and O–H groups in total. The minimum Gasteiger partial charge on any atom is -0.467 e. The van der Waals surface area contributed by atoms with E-state index in [1.165, 1.54) is 20.2 Å². The average Bonchev–Trinajstić information content (AvgIpc) is 2.28. The van der Waals surface area contributed by atoms with Crippen LogP contribution in [-0.2, 0) is 14.4 Å². The summed E-state index contributed by atoms with van der Waals surface area (Å²) >= 11 is 6.09. The third kappa shape index (κ3) is 2.46. The van der Waals surface area contributed by atoms with Gasteiger partial charge in [-0.3, -0.25) is 4.98 Å². The molecule has 0 radical (unpaired) electrons. The fourth-order valence-electron chi connectivity index (χ4n) is 1.14. The van der Waals surface area contributed by atoms with Crippen LogP contribution in [0.15, 0.2) is 24.5 Å². The number of aliphatic hydroxyl groups excluding tert-OH is 1. The molecule has 0 aliphatic heterocycles. The molecule has 0 aliphatic carbocycles. The van der Waals surface area contributed by atoms with Crippen molar-refractivity contribution in [2.45, 2.75) is 17.9 Å². The van der Waals surface area contributed by atoms with Crippen LogP contribution >= 0.6 is 11.6 Å². The highest BCUT2D eigenvalue weighted by molar-refractivity contribution is 6.25. The SMILES string of the molecule is COC(=O)C(O)C(C)(Cl)c1cccnc1. The average molecular weight is 230 g/mol. The fraction of sp³-hybridized carbons (Fsp3) is 0.400. The Morgan fingerprint density at radius 1 is 1.73 bits per heavy atom. The number of rotatable bonds is 3. The van der Waals surface area contributed by atoms with Crippen molar-refractivity contribution in [3.8, 4) is 0 Å². The van der Waals surface area contributed by atoms with Gasteiger partial charge in [0.15, 0.2) is 6.10 Å². The van der Waals surface area contributed by atoms with Crippen LogP contribution in [0.2, 0.25) is 0 Å². The van der Waals surface area contributed by atoms with Crippen molar-refractivity contribution < 1.29 is 14.6 Å². The van der Waals surface area contributed by atoms with E-state index in [-0.39, 0.29) is 0 Å². The zero-order valence-corrected chi connectivity index (χ0v) is 9.23. The summed E-state index contributed by atoms with van der Waals surface area (Å²) in [4.78, 5) is 13.8. The number of pyridine rings is 1. The summed E-state index contributed by atoms with van der Waals surface area (Å²) in [7, 11) is 1.20. The molecule has 0 saturated carbocycles. The van der Waals surface area contributed by atoms with Gasteiger partial charge >= 0.3 is 5.97 Å². The number of esters is 1. The van der Waals surface area contributed by atoms with Gasteiger partial charge in [0.05, 0.1) is 7.11 Å². The quantitative estimate of drug-likeness (QED) is 0.622. The molecule has 82 valence electrons. The monoisotopic (exact) mass is 229 g/mol. The van der Waals surface area contributed by atoms with Crippen LogP contribution in [-0.4, -0.2) is 29.3 Å². The predicted molar refractivity (Wildman–Crippen MR) is 55.5 cm³/mol. The molecule has 0 amide bonds. The van der Waals surface area contributed by atoms with E-state index in [4.69, 9.17) is 11.6 Å². The molecule has 2 atom stereocenters. The summed E-state index contributed by atoms with van der Waals surface area (Å²) in [6.07, 6.45) is 1.66. The predicted octanol–water partition coefficient (Wildman–Crippen LogP) is 1.07. The number of hydrogen-bond acceptors (Lipinski definition) is 4. The number of hydrogen-bond donors (Lipinski definition) is 1. The van der Waals surface area contributed by atoms with Crippen molar-refractivity contribution in [2.75, 3.05) is 7.11 Å². The Balaban J connectivity index is 2.97. The molecule has 0 aliphatic rings. The first-order valence-electron chi connectivity index (χ1n) is 4.35. The summed E-state index contributed by atoms with van der Waals surface area (Å²) in [5, 5.41) is 9.66. The molecular formula is C10H12ClNO3. The maximum atomic E-state index is 11.2. The fourth-order valence-corrected chi connectivity index (χ4v) is 1.34. The lowest BCUT2D eigenvalue weighted by Gasteiger charge is -2.26. The third-order valence-electron chi connectivity index (χ3n) is 2.16. The summed E-state index contributed by atoms with van der Waals surface area (Å²) < 4.78 is 4.43. The second-order valence-electron chi connectivity index (χ2n) is 3.24. The van der Waals surface area contributed by atoms with Gasteiger partial charge in [0.2, 0.25) is 0 Å². The molecule has 0 aromatic carbocycles. The van der Waals surface area contributed by atoms with Gasteiger partial charge < -0.3 is 9.84 Å². The number of aliphatic hydroxyl groups is 1. The summed E-state index contributed by atoms with van der Waals surface area (Å²) in [6.45, 7) is 1.53. The Labute approximate surface area is 92.8 Å². The molecule has 1 aromatic rings. The van der Waals surface area contributed by atoms with Crippen molar-refractivity contribution in [3.05, 3.63) is 30.1 Å². The zero-order valence-electron chi connectivity index (χ0n) is 8.48. The van der Waals surface area contributed by atoms with E-state index in [0.717, 1.165) is 0 Å². The van der Waals surface area contributed by atoms with Crippen LogP contribution in [0.25, 0.3) is 0 Å². The van der Waals surface area contributed by atoms with Crippen molar-refractivity contribution in [1.29, 1.82) is 0 Å². The lowest BCUT2D eigenvalue weighted by molar-refractivity contribution is -0.152. The zero-order chi connectivity index (χ0) is 11.5.